The van der Waals surface area contributed by atoms with Crippen LogP contribution >= 0.6 is 11.3 Å². The summed E-state index contributed by atoms with van der Waals surface area (Å²) in [5.74, 6) is -2.23. The molecule has 9 heteroatoms. The summed E-state index contributed by atoms with van der Waals surface area (Å²) in [5.41, 5.74) is -2.93. The van der Waals surface area contributed by atoms with Gasteiger partial charge in [0.05, 0.1) is 11.2 Å². The van der Waals surface area contributed by atoms with E-state index in [2.05, 4.69) is 10.3 Å². The number of rotatable bonds is 3. The van der Waals surface area contributed by atoms with E-state index in [9.17, 15) is 18.8 Å². The molecule has 118 valence electrons. The maximum atomic E-state index is 13.7. The quantitative estimate of drug-likeness (QED) is 0.780. The van der Waals surface area contributed by atoms with Crippen molar-refractivity contribution >= 4 is 17.2 Å². The first-order chi connectivity index (χ1) is 10.1. The number of hydrogen-bond acceptors (Lipinski definition) is 5. The summed E-state index contributed by atoms with van der Waals surface area (Å²) < 4.78 is 13.7. The average Bonchev–Trinajstić information content (AvgIpc) is 2.74. The Morgan fingerprint density at radius 3 is 2.45 bits per heavy atom. The van der Waals surface area contributed by atoms with Crippen LogP contribution < -0.4 is 16.6 Å². The molecule has 0 saturated carbocycles. The molecular formula is C13H15FN4O3S. The third-order valence-corrected chi connectivity index (χ3v) is 4.50. The predicted molar refractivity (Wildman–Crippen MR) is 79.7 cm³/mol. The standard InChI is InChI=1S/C13H15FN4O3S/c1-5-6(2)22-11(15-5)13(3,4)18-10(20)8-7(14)9(19)17-12(21)16-8/h1-4H3,(H,18,20)(H2,16,17,19,21). The third kappa shape index (κ3) is 2.98. The fraction of sp³-hybridized carbons (Fsp3) is 0.385. The first-order valence-electron chi connectivity index (χ1n) is 6.41. The summed E-state index contributed by atoms with van der Waals surface area (Å²) in [5, 5.41) is 3.21. The molecule has 2 heterocycles. The molecule has 0 aliphatic heterocycles. The number of amides is 1. The van der Waals surface area contributed by atoms with Crippen LogP contribution in [-0.4, -0.2) is 20.9 Å². The van der Waals surface area contributed by atoms with Crippen molar-refractivity contribution in [3.63, 3.8) is 0 Å². The second-order valence-electron chi connectivity index (χ2n) is 5.34. The molecule has 2 aromatic heterocycles. The largest absolute Gasteiger partial charge is 0.339 e. The van der Waals surface area contributed by atoms with Gasteiger partial charge in [-0.3, -0.25) is 14.6 Å². The second kappa shape index (κ2) is 5.48. The van der Waals surface area contributed by atoms with Crippen molar-refractivity contribution in [1.29, 1.82) is 0 Å². The maximum absolute atomic E-state index is 13.7. The molecule has 0 spiro atoms. The van der Waals surface area contributed by atoms with Gasteiger partial charge in [-0.05, 0) is 27.7 Å². The lowest BCUT2D eigenvalue weighted by Gasteiger charge is -2.23. The lowest BCUT2D eigenvalue weighted by Crippen LogP contribution is -2.43. The number of aromatic amines is 2. The summed E-state index contributed by atoms with van der Waals surface area (Å²) in [6.07, 6.45) is 0. The van der Waals surface area contributed by atoms with E-state index in [1.807, 2.05) is 18.8 Å². The Labute approximate surface area is 128 Å². The Balaban J connectivity index is 2.36. The molecule has 2 rings (SSSR count). The van der Waals surface area contributed by atoms with Crippen molar-refractivity contribution in [3.05, 3.63) is 47.9 Å². The second-order valence-corrected chi connectivity index (χ2v) is 6.54. The zero-order chi connectivity index (χ0) is 16.7. The minimum absolute atomic E-state index is 0.642. The molecule has 0 saturated heterocycles. The smallest absolute Gasteiger partial charge is 0.326 e. The van der Waals surface area contributed by atoms with Gasteiger partial charge in [0, 0.05) is 4.88 Å². The van der Waals surface area contributed by atoms with Crippen LogP contribution in [0.1, 0.15) is 39.9 Å². The van der Waals surface area contributed by atoms with Gasteiger partial charge in [0.1, 0.15) is 10.7 Å². The van der Waals surface area contributed by atoms with E-state index in [1.165, 1.54) is 11.3 Å². The molecular weight excluding hydrogens is 311 g/mol. The highest BCUT2D eigenvalue weighted by Gasteiger charge is 2.29. The number of aryl methyl sites for hydroxylation is 2. The fourth-order valence-corrected chi connectivity index (χ4v) is 2.74. The van der Waals surface area contributed by atoms with Crippen molar-refractivity contribution in [2.45, 2.75) is 33.2 Å². The van der Waals surface area contributed by atoms with E-state index in [-0.39, 0.29) is 0 Å². The summed E-state index contributed by atoms with van der Waals surface area (Å²) in [7, 11) is 0. The van der Waals surface area contributed by atoms with Crippen LogP contribution in [0.15, 0.2) is 9.59 Å². The van der Waals surface area contributed by atoms with E-state index in [0.29, 0.717) is 5.01 Å². The Kier molecular flexibility index (Phi) is 4.01. The zero-order valence-electron chi connectivity index (χ0n) is 12.5. The van der Waals surface area contributed by atoms with Crippen molar-refractivity contribution in [2.75, 3.05) is 0 Å². The molecule has 0 aromatic carbocycles. The lowest BCUT2D eigenvalue weighted by atomic mass is 10.1. The van der Waals surface area contributed by atoms with Crippen LogP contribution in [0, 0.1) is 19.7 Å². The van der Waals surface area contributed by atoms with Gasteiger partial charge in [-0.15, -0.1) is 11.3 Å². The van der Waals surface area contributed by atoms with Crippen LogP contribution in [0.4, 0.5) is 4.39 Å². The van der Waals surface area contributed by atoms with E-state index >= 15 is 0 Å². The number of thiazole rings is 1. The number of nitrogens with one attached hydrogen (secondary N) is 3. The number of carbonyl (C=O) groups is 1. The van der Waals surface area contributed by atoms with Gasteiger partial charge in [-0.25, -0.2) is 9.78 Å². The summed E-state index contributed by atoms with van der Waals surface area (Å²) in [6, 6.07) is 0. The molecule has 0 atom stereocenters. The van der Waals surface area contributed by atoms with Crippen LogP contribution in [0.3, 0.4) is 0 Å². The summed E-state index contributed by atoms with van der Waals surface area (Å²) >= 11 is 1.41. The van der Waals surface area contributed by atoms with Crippen LogP contribution in [0.25, 0.3) is 0 Å². The van der Waals surface area contributed by atoms with Gasteiger partial charge in [0.25, 0.3) is 11.5 Å². The molecule has 0 bridgehead atoms. The molecule has 2 aromatic rings. The van der Waals surface area contributed by atoms with Gasteiger partial charge >= 0.3 is 5.69 Å². The van der Waals surface area contributed by atoms with Crippen molar-refractivity contribution in [2.24, 2.45) is 0 Å². The first kappa shape index (κ1) is 16.1. The van der Waals surface area contributed by atoms with E-state index in [0.717, 1.165) is 10.6 Å². The predicted octanol–water partition coefficient (Wildman–Crippen LogP) is 0.941. The van der Waals surface area contributed by atoms with Crippen molar-refractivity contribution in [3.8, 4) is 0 Å². The molecule has 0 aliphatic carbocycles. The van der Waals surface area contributed by atoms with E-state index in [4.69, 9.17) is 0 Å². The molecule has 0 aliphatic rings. The number of aromatic nitrogens is 3. The molecule has 22 heavy (non-hydrogen) atoms. The van der Waals surface area contributed by atoms with Gasteiger partial charge in [0.15, 0.2) is 0 Å². The van der Waals surface area contributed by atoms with Gasteiger partial charge < -0.3 is 10.3 Å². The van der Waals surface area contributed by atoms with Gasteiger partial charge in [0.2, 0.25) is 5.82 Å². The van der Waals surface area contributed by atoms with Gasteiger partial charge in [-0.2, -0.15) is 4.39 Å². The number of carbonyl (C=O) groups excluding carboxylic acids is 1. The minimum atomic E-state index is -1.33. The number of H-pyrrole nitrogens is 2. The summed E-state index contributed by atoms with van der Waals surface area (Å²) in [4.78, 5) is 43.6. The molecule has 0 fully saturated rings. The van der Waals surface area contributed by atoms with Gasteiger partial charge in [-0.1, -0.05) is 0 Å². The first-order valence-corrected chi connectivity index (χ1v) is 7.22. The Morgan fingerprint density at radius 2 is 1.91 bits per heavy atom. The van der Waals surface area contributed by atoms with Crippen LogP contribution in [0.2, 0.25) is 0 Å². The highest BCUT2D eigenvalue weighted by Crippen LogP contribution is 2.27. The Bertz CT molecular complexity index is 830. The fourth-order valence-electron chi connectivity index (χ4n) is 1.77. The third-order valence-electron chi connectivity index (χ3n) is 3.10. The minimum Gasteiger partial charge on any atom is -0.339 e. The Hall–Kier alpha value is -2.29. The zero-order valence-corrected chi connectivity index (χ0v) is 13.3. The SMILES string of the molecule is Cc1nc(C(C)(C)NC(=O)c2[nH]c(=O)[nH]c(=O)c2F)sc1C. The normalized spacial score (nSPS) is 11.5. The van der Waals surface area contributed by atoms with E-state index in [1.54, 1.807) is 18.8 Å². The van der Waals surface area contributed by atoms with Crippen molar-refractivity contribution < 1.29 is 9.18 Å². The number of halogens is 1. The molecule has 3 N–H and O–H groups in total. The highest BCUT2D eigenvalue weighted by molar-refractivity contribution is 7.11. The highest BCUT2D eigenvalue weighted by atomic mass is 32.1. The summed E-state index contributed by atoms with van der Waals surface area (Å²) in [6.45, 7) is 7.15. The monoisotopic (exact) mass is 326 g/mol. The number of nitrogens with zero attached hydrogens (tertiary/aromatic N) is 1. The topological polar surface area (TPSA) is 108 Å². The maximum Gasteiger partial charge on any atom is 0.326 e. The average molecular weight is 326 g/mol. The molecule has 0 radical (unpaired) electrons. The molecule has 1 amide bonds. The molecule has 0 unspecified atom stereocenters. The van der Waals surface area contributed by atoms with Crippen LogP contribution in [0.5, 0.6) is 0 Å². The van der Waals surface area contributed by atoms with Crippen molar-refractivity contribution in [1.82, 2.24) is 20.3 Å². The number of hydrogen-bond donors (Lipinski definition) is 3. The lowest BCUT2D eigenvalue weighted by molar-refractivity contribution is 0.0901. The Morgan fingerprint density at radius 1 is 1.27 bits per heavy atom. The van der Waals surface area contributed by atoms with E-state index < -0.39 is 34.2 Å². The van der Waals surface area contributed by atoms with Crippen LogP contribution in [-0.2, 0) is 5.54 Å². The molecule has 7 nitrogen and oxygen atoms in total.